The molecule has 28 heavy (non-hydrogen) atoms. The Hall–Kier alpha value is -2.73. The number of nitrogens with zero attached hydrogens (tertiary/aromatic N) is 2. The average molecular weight is 380 g/mol. The number of aryl methyl sites for hydroxylation is 2. The highest BCUT2D eigenvalue weighted by atomic mass is 16.5. The molecule has 0 unspecified atom stereocenters. The first-order valence-electron chi connectivity index (χ1n) is 9.94. The summed E-state index contributed by atoms with van der Waals surface area (Å²) in [5.74, 6) is 0.828. The summed E-state index contributed by atoms with van der Waals surface area (Å²) < 4.78 is 5.54. The van der Waals surface area contributed by atoms with Crippen molar-refractivity contribution in [2.24, 2.45) is 0 Å². The van der Waals surface area contributed by atoms with Crippen LogP contribution in [0.3, 0.4) is 0 Å². The van der Waals surface area contributed by atoms with Crippen LogP contribution in [0.4, 0.5) is 21.9 Å². The Labute approximate surface area is 166 Å². The number of hydrogen-bond acceptors (Lipinski definition) is 4. The summed E-state index contributed by atoms with van der Waals surface area (Å²) in [6.07, 6.45) is 3.44. The number of methoxy groups -OCH3 is 1. The fourth-order valence-electron chi connectivity index (χ4n) is 4.01. The number of piperazine rings is 1. The van der Waals surface area contributed by atoms with Gasteiger partial charge in [0.05, 0.1) is 12.8 Å². The zero-order chi connectivity index (χ0) is 19.5. The fraction of sp³-hybridized carbons (Fsp3) is 0.409. The van der Waals surface area contributed by atoms with Gasteiger partial charge in [0.15, 0.2) is 0 Å². The molecule has 2 aliphatic rings. The molecule has 2 aromatic rings. The van der Waals surface area contributed by atoms with Crippen LogP contribution in [0.25, 0.3) is 0 Å². The summed E-state index contributed by atoms with van der Waals surface area (Å²) in [6, 6.07) is 11.7. The van der Waals surface area contributed by atoms with Crippen LogP contribution >= 0.6 is 0 Å². The highest BCUT2D eigenvalue weighted by Gasteiger charge is 2.18. The molecule has 148 valence electrons. The molecule has 6 nitrogen and oxygen atoms in total. The second-order valence-electron chi connectivity index (χ2n) is 7.59. The smallest absolute Gasteiger partial charge is 0.323 e. The first kappa shape index (κ1) is 18.6. The molecule has 0 radical (unpaired) electrons. The van der Waals surface area contributed by atoms with Crippen molar-refractivity contribution in [2.75, 3.05) is 55.9 Å². The van der Waals surface area contributed by atoms with Gasteiger partial charge in [0.1, 0.15) is 5.75 Å². The van der Waals surface area contributed by atoms with Crippen LogP contribution in [0.1, 0.15) is 17.5 Å². The van der Waals surface area contributed by atoms with E-state index in [0.717, 1.165) is 61.8 Å². The van der Waals surface area contributed by atoms with Crippen molar-refractivity contribution in [3.63, 3.8) is 0 Å². The molecule has 2 N–H and O–H groups in total. The van der Waals surface area contributed by atoms with Crippen LogP contribution in [-0.2, 0) is 12.8 Å². The molecule has 2 aromatic carbocycles. The van der Waals surface area contributed by atoms with E-state index in [2.05, 4.69) is 39.6 Å². The maximum Gasteiger partial charge on any atom is 0.323 e. The zero-order valence-corrected chi connectivity index (χ0v) is 16.6. The van der Waals surface area contributed by atoms with Crippen molar-refractivity contribution >= 4 is 23.1 Å². The van der Waals surface area contributed by atoms with Crippen molar-refractivity contribution in [3.05, 3.63) is 47.5 Å². The van der Waals surface area contributed by atoms with E-state index in [4.69, 9.17) is 4.74 Å². The molecule has 0 saturated carbocycles. The molecular formula is C22H28N4O2. The zero-order valence-electron chi connectivity index (χ0n) is 16.6. The first-order valence-corrected chi connectivity index (χ1v) is 9.94. The van der Waals surface area contributed by atoms with Gasteiger partial charge in [0.2, 0.25) is 0 Å². The van der Waals surface area contributed by atoms with Crippen molar-refractivity contribution in [2.45, 2.75) is 19.3 Å². The predicted molar refractivity (Wildman–Crippen MR) is 114 cm³/mol. The van der Waals surface area contributed by atoms with Gasteiger partial charge in [-0.25, -0.2) is 4.79 Å². The quantitative estimate of drug-likeness (QED) is 0.851. The van der Waals surface area contributed by atoms with Crippen molar-refractivity contribution in [3.8, 4) is 5.75 Å². The molecule has 1 aliphatic heterocycles. The van der Waals surface area contributed by atoms with Crippen molar-refractivity contribution in [1.29, 1.82) is 0 Å². The minimum atomic E-state index is -0.229. The van der Waals surface area contributed by atoms with Gasteiger partial charge < -0.3 is 25.2 Å². The Bertz CT molecular complexity index is 860. The molecule has 1 aliphatic carbocycles. The summed E-state index contributed by atoms with van der Waals surface area (Å²) >= 11 is 0. The van der Waals surface area contributed by atoms with Crippen LogP contribution in [0.5, 0.6) is 5.75 Å². The molecule has 2 amide bonds. The largest absolute Gasteiger partial charge is 0.495 e. The maximum atomic E-state index is 12.5. The molecule has 0 bridgehead atoms. The molecule has 0 atom stereocenters. The van der Waals surface area contributed by atoms with E-state index >= 15 is 0 Å². The van der Waals surface area contributed by atoms with Crippen molar-refractivity contribution < 1.29 is 9.53 Å². The van der Waals surface area contributed by atoms with E-state index in [1.807, 2.05) is 24.3 Å². The number of benzene rings is 2. The standard InChI is InChI=1S/C22H28N4O2/c1-25-10-12-26(13-11-25)20-15-19(8-9-21(20)28-2)24-22(27)23-18-7-6-16-4-3-5-17(16)14-18/h6-9,14-15H,3-5,10-13H2,1-2H3,(H2,23,24,27). The number of likely N-dealkylation sites (N-methyl/N-ethyl adjacent to an activating group) is 1. The first-order chi connectivity index (χ1) is 13.6. The Morgan fingerprint density at radius 1 is 0.929 bits per heavy atom. The van der Waals surface area contributed by atoms with Crippen LogP contribution in [0.2, 0.25) is 0 Å². The maximum absolute atomic E-state index is 12.5. The Morgan fingerprint density at radius 2 is 1.61 bits per heavy atom. The summed E-state index contributed by atoms with van der Waals surface area (Å²) in [5.41, 5.74) is 5.36. The number of nitrogens with one attached hydrogen (secondary N) is 2. The van der Waals surface area contributed by atoms with Crippen LogP contribution in [0.15, 0.2) is 36.4 Å². The van der Waals surface area contributed by atoms with E-state index < -0.39 is 0 Å². The van der Waals surface area contributed by atoms with E-state index in [-0.39, 0.29) is 6.03 Å². The van der Waals surface area contributed by atoms with Gasteiger partial charge in [-0.3, -0.25) is 0 Å². The lowest BCUT2D eigenvalue weighted by molar-refractivity contribution is 0.262. The number of rotatable bonds is 4. The Balaban J connectivity index is 1.45. The van der Waals surface area contributed by atoms with Crippen LogP contribution < -0.4 is 20.3 Å². The van der Waals surface area contributed by atoms with Crippen molar-refractivity contribution in [1.82, 2.24) is 4.90 Å². The lowest BCUT2D eigenvalue weighted by atomic mass is 10.1. The highest BCUT2D eigenvalue weighted by Crippen LogP contribution is 2.32. The van der Waals surface area contributed by atoms with Gasteiger partial charge in [-0.05, 0) is 67.8 Å². The van der Waals surface area contributed by atoms with Crippen LogP contribution in [-0.4, -0.2) is 51.3 Å². The molecule has 1 fully saturated rings. The minimum Gasteiger partial charge on any atom is -0.495 e. The molecule has 6 heteroatoms. The molecular weight excluding hydrogens is 352 g/mol. The Kier molecular flexibility index (Phi) is 5.39. The number of fused-ring (bicyclic) bond motifs is 1. The molecule has 1 heterocycles. The highest BCUT2D eigenvalue weighted by molar-refractivity contribution is 6.00. The van der Waals surface area contributed by atoms with E-state index in [9.17, 15) is 4.79 Å². The number of urea groups is 1. The molecule has 0 aromatic heterocycles. The number of anilines is 3. The summed E-state index contributed by atoms with van der Waals surface area (Å²) in [7, 11) is 3.82. The monoisotopic (exact) mass is 380 g/mol. The molecule has 1 saturated heterocycles. The number of hydrogen-bond donors (Lipinski definition) is 2. The van der Waals surface area contributed by atoms with Gasteiger partial charge in [0, 0.05) is 37.6 Å². The number of carbonyl (C=O) groups excluding carboxylic acids is 1. The SMILES string of the molecule is COc1ccc(NC(=O)Nc2ccc3c(c2)CCC3)cc1N1CCN(C)CC1. The lowest BCUT2D eigenvalue weighted by Gasteiger charge is -2.34. The fourth-order valence-corrected chi connectivity index (χ4v) is 4.01. The number of carbonyl (C=O) groups is 1. The van der Waals surface area contributed by atoms with E-state index in [1.165, 1.54) is 17.5 Å². The van der Waals surface area contributed by atoms with Crippen LogP contribution in [0, 0.1) is 0 Å². The van der Waals surface area contributed by atoms with Gasteiger partial charge in [-0.2, -0.15) is 0 Å². The third-order valence-electron chi connectivity index (χ3n) is 5.64. The average Bonchev–Trinajstić information content (AvgIpc) is 3.16. The van der Waals surface area contributed by atoms with E-state index in [1.54, 1.807) is 7.11 Å². The second-order valence-corrected chi connectivity index (χ2v) is 7.59. The number of ether oxygens (including phenoxy) is 1. The van der Waals surface area contributed by atoms with Gasteiger partial charge in [-0.15, -0.1) is 0 Å². The van der Waals surface area contributed by atoms with Gasteiger partial charge in [-0.1, -0.05) is 6.07 Å². The molecule has 0 spiro atoms. The molecule has 4 rings (SSSR count). The Morgan fingerprint density at radius 3 is 2.36 bits per heavy atom. The van der Waals surface area contributed by atoms with E-state index in [0.29, 0.717) is 0 Å². The third kappa shape index (κ3) is 4.07. The summed E-state index contributed by atoms with van der Waals surface area (Å²) in [6.45, 7) is 3.91. The second kappa shape index (κ2) is 8.10. The topological polar surface area (TPSA) is 56.8 Å². The third-order valence-corrected chi connectivity index (χ3v) is 5.64. The predicted octanol–water partition coefficient (Wildman–Crippen LogP) is 3.58. The summed E-state index contributed by atoms with van der Waals surface area (Å²) in [4.78, 5) is 17.1. The number of amides is 2. The normalized spacial score (nSPS) is 16.6. The summed E-state index contributed by atoms with van der Waals surface area (Å²) in [5, 5.41) is 5.91. The minimum absolute atomic E-state index is 0.229. The van der Waals surface area contributed by atoms with Gasteiger partial charge >= 0.3 is 6.03 Å². The van der Waals surface area contributed by atoms with Gasteiger partial charge in [0.25, 0.3) is 0 Å². The lowest BCUT2D eigenvalue weighted by Crippen LogP contribution is -2.44.